The molecule has 0 saturated heterocycles. The average Bonchev–Trinajstić information content (AvgIpc) is 3.15. The van der Waals surface area contributed by atoms with E-state index in [1.165, 1.54) is 26.4 Å². The van der Waals surface area contributed by atoms with E-state index in [2.05, 4.69) is 10.9 Å². The summed E-state index contributed by atoms with van der Waals surface area (Å²) in [7, 11) is 1.47. The Morgan fingerprint density at radius 2 is 2.09 bits per heavy atom. The first-order valence-electron chi connectivity index (χ1n) is 7.99. The molecule has 23 heavy (non-hydrogen) atoms. The third-order valence-corrected chi connectivity index (χ3v) is 5.29. The maximum atomic E-state index is 12.2. The van der Waals surface area contributed by atoms with Crippen LogP contribution in [0, 0.1) is 17.8 Å². The zero-order chi connectivity index (χ0) is 16.4. The maximum absolute atomic E-state index is 12.2. The van der Waals surface area contributed by atoms with E-state index < -0.39 is 5.91 Å². The van der Waals surface area contributed by atoms with Crippen LogP contribution in [0.15, 0.2) is 18.2 Å². The number of nitrogens with one attached hydrogen (secondary N) is 2. The number of carbonyl (C=O) groups excluding carboxylic acids is 2. The molecule has 3 unspecified atom stereocenters. The number of benzene rings is 1. The second-order valence-corrected chi connectivity index (χ2v) is 6.92. The lowest BCUT2D eigenvalue weighted by Crippen LogP contribution is -2.42. The molecule has 2 bridgehead atoms. The normalized spacial score (nSPS) is 25.2. The molecular weight excluding hydrogens is 316 g/mol. The molecule has 5 nitrogen and oxygen atoms in total. The minimum atomic E-state index is -0.417. The van der Waals surface area contributed by atoms with Crippen LogP contribution in [0.4, 0.5) is 0 Å². The van der Waals surface area contributed by atoms with Crippen molar-refractivity contribution in [1.82, 2.24) is 10.9 Å². The summed E-state index contributed by atoms with van der Waals surface area (Å²) in [6, 6.07) is 4.74. The second kappa shape index (κ2) is 6.79. The van der Waals surface area contributed by atoms with Crippen LogP contribution in [0.2, 0.25) is 5.02 Å². The van der Waals surface area contributed by atoms with E-state index >= 15 is 0 Å². The SMILES string of the molecule is COc1cc(Cl)ccc1C(=O)NNC(=O)CC1CC2CCC1C2. The van der Waals surface area contributed by atoms with Crippen LogP contribution in [-0.2, 0) is 4.79 Å². The van der Waals surface area contributed by atoms with Crippen molar-refractivity contribution in [1.29, 1.82) is 0 Å². The fourth-order valence-corrected chi connectivity index (χ4v) is 4.12. The van der Waals surface area contributed by atoms with Gasteiger partial charge in [0.1, 0.15) is 5.75 Å². The van der Waals surface area contributed by atoms with Gasteiger partial charge >= 0.3 is 0 Å². The monoisotopic (exact) mass is 336 g/mol. The topological polar surface area (TPSA) is 67.4 Å². The highest BCUT2D eigenvalue weighted by Gasteiger charge is 2.40. The van der Waals surface area contributed by atoms with Crippen LogP contribution < -0.4 is 15.6 Å². The number of hydrazine groups is 1. The van der Waals surface area contributed by atoms with Gasteiger partial charge in [0.25, 0.3) is 5.91 Å². The minimum absolute atomic E-state index is 0.135. The first-order chi connectivity index (χ1) is 11.1. The second-order valence-electron chi connectivity index (χ2n) is 6.49. The van der Waals surface area contributed by atoms with Crippen LogP contribution in [0.1, 0.15) is 42.5 Å². The Morgan fingerprint density at radius 3 is 2.74 bits per heavy atom. The van der Waals surface area contributed by atoms with Gasteiger partial charge in [-0.05, 0) is 55.2 Å². The smallest absolute Gasteiger partial charge is 0.273 e. The number of methoxy groups -OCH3 is 1. The molecule has 6 heteroatoms. The molecule has 3 rings (SSSR count). The van der Waals surface area contributed by atoms with Crippen molar-refractivity contribution >= 4 is 23.4 Å². The summed E-state index contributed by atoms with van der Waals surface area (Å²) in [5.74, 6) is 1.79. The van der Waals surface area contributed by atoms with Gasteiger partial charge in [-0.15, -0.1) is 0 Å². The Bertz CT molecular complexity index is 620. The van der Waals surface area contributed by atoms with E-state index in [0.717, 1.165) is 12.3 Å². The van der Waals surface area contributed by atoms with Gasteiger partial charge in [-0.3, -0.25) is 20.4 Å². The molecule has 2 N–H and O–H groups in total. The lowest BCUT2D eigenvalue weighted by atomic mass is 9.86. The van der Waals surface area contributed by atoms with E-state index in [-0.39, 0.29) is 5.91 Å². The van der Waals surface area contributed by atoms with Crippen molar-refractivity contribution in [3.05, 3.63) is 28.8 Å². The molecule has 2 saturated carbocycles. The summed E-state index contributed by atoms with van der Waals surface area (Å²) in [6.45, 7) is 0. The van der Waals surface area contributed by atoms with Gasteiger partial charge in [-0.25, -0.2) is 0 Å². The summed E-state index contributed by atoms with van der Waals surface area (Å²) >= 11 is 5.87. The lowest BCUT2D eigenvalue weighted by molar-refractivity contribution is -0.123. The molecule has 2 amide bonds. The fraction of sp³-hybridized carbons (Fsp3) is 0.529. The van der Waals surface area contributed by atoms with E-state index in [1.807, 2.05) is 0 Å². The molecule has 0 aromatic heterocycles. The molecule has 0 heterocycles. The van der Waals surface area contributed by atoms with Gasteiger partial charge in [-0.2, -0.15) is 0 Å². The summed E-state index contributed by atoms with van der Waals surface area (Å²) in [5, 5.41) is 0.485. The van der Waals surface area contributed by atoms with Gasteiger partial charge < -0.3 is 4.74 Å². The van der Waals surface area contributed by atoms with Gasteiger partial charge in [0.15, 0.2) is 0 Å². The molecule has 0 radical (unpaired) electrons. The molecule has 1 aromatic rings. The number of halogens is 1. The molecule has 3 atom stereocenters. The van der Waals surface area contributed by atoms with Crippen LogP contribution in [0.5, 0.6) is 5.75 Å². The number of rotatable bonds is 4. The third-order valence-electron chi connectivity index (χ3n) is 5.06. The van der Waals surface area contributed by atoms with Crippen LogP contribution in [-0.4, -0.2) is 18.9 Å². The van der Waals surface area contributed by atoms with Gasteiger partial charge in [0.05, 0.1) is 12.7 Å². The number of carbonyl (C=O) groups is 2. The van der Waals surface area contributed by atoms with Gasteiger partial charge in [-0.1, -0.05) is 18.0 Å². The molecule has 2 aliphatic rings. The first kappa shape index (κ1) is 16.1. The van der Waals surface area contributed by atoms with Crippen molar-refractivity contribution in [3.8, 4) is 5.75 Å². The Morgan fingerprint density at radius 1 is 1.26 bits per heavy atom. The number of fused-ring (bicyclic) bond motifs is 2. The maximum Gasteiger partial charge on any atom is 0.273 e. The van der Waals surface area contributed by atoms with Crippen LogP contribution >= 0.6 is 11.6 Å². The Balaban J connectivity index is 1.51. The first-order valence-corrected chi connectivity index (χ1v) is 8.37. The standard InChI is InChI=1S/C17H21ClN2O3/c1-23-15-9-13(18)4-5-14(15)17(22)20-19-16(21)8-12-7-10-2-3-11(12)6-10/h4-5,9-12H,2-3,6-8H2,1H3,(H,19,21)(H,20,22). The van der Waals surface area contributed by atoms with Crippen LogP contribution in [0.25, 0.3) is 0 Å². The van der Waals surface area contributed by atoms with E-state index in [9.17, 15) is 9.59 Å². The molecular formula is C17H21ClN2O3. The van der Waals surface area contributed by atoms with Crippen molar-refractivity contribution in [2.75, 3.05) is 7.11 Å². The number of hydrogen-bond acceptors (Lipinski definition) is 3. The number of amides is 2. The predicted molar refractivity (Wildman–Crippen MR) is 87.2 cm³/mol. The summed E-state index contributed by atoms with van der Waals surface area (Å²) < 4.78 is 5.14. The van der Waals surface area contributed by atoms with Crippen molar-refractivity contribution in [2.24, 2.45) is 17.8 Å². The Hall–Kier alpha value is -1.75. The average molecular weight is 337 g/mol. The van der Waals surface area contributed by atoms with Crippen molar-refractivity contribution in [2.45, 2.75) is 32.1 Å². The molecule has 2 aliphatic carbocycles. The highest BCUT2D eigenvalue weighted by atomic mass is 35.5. The summed E-state index contributed by atoms with van der Waals surface area (Å²) in [4.78, 5) is 24.2. The molecule has 1 aromatic carbocycles. The largest absolute Gasteiger partial charge is 0.496 e. The molecule has 0 aliphatic heterocycles. The minimum Gasteiger partial charge on any atom is -0.496 e. The summed E-state index contributed by atoms with van der Waals surface area (Å²) in [5.41, 5.74) is 5.29. The quantitative estimate of drug-likeness (QED) is 0.831. The third kappa shape index (κ3) is 3.61. The molecule has 124 valence electrons. The summed E-state index contributed by atoms with van der Waals surface area (Å²) in [6.07, 6.45) is 5.47. The number of hydrogen-bond donors (Lipinski definition) is 2. The fourth-order valence-electron chi connectivity index (χ4n) is 3.96. The van der Waals surface area contributed by atoms with E-state index in [0.29, 0.717) is 34.6 Å². The Labute approximate surface area is 140 Å². The van der Waals surface area contributed by atoms with Crippen molar-refractivity contribution < 1.29 is 14.3 Å². The van der Waals surface area contributed by atoms with Gasteiger partial charge in [0, 0.05) is 11.4 Å². The zero-order valence-corrected chi connectivity index (χ0v) is 13.9. The highest BCUT2D eigenvalue weighted by molar-refractivity contribution is 6.30. The van der Waals surface area contributed by atoms with Crippen molar-refractivity contribution in [3.63, 3.8) is 0 Å². The van der Waals surface area contributed by atoms with Gasteiger partial charge in [0.2, 0.25) is 5.91 Å². The lowest BCUT2D eigenvalue weighted by Gasteiger charge is -2.21. The zero-order valence-electron chi connectivity index (χ0n) is 13.1. The predicted octanol–water partition coefficient (Wildman–Crippen LogP) is 2.94. The highest BCUT2D eigenvalue weighted by Crippen LogP contribution is 2.49. The molecule has 0 spiro atoms. The van der Waals surface area contributed by atoms with Crippen LogP contribution in [0.3, 0.4) is 0 Å². The van der Waals surface area contributed by atoms with E-state index in [4.69, 9.17) is 16.3 Å². The number of ether oxygens (including phenoxy) is 1. The molecule has 2 fully saturated rings. The Kier molecular flexibility index (Phi) is 4.76. The van der Waals surface area contributed by atoms with E-state index in [1.54, 1.807) is 18.2 Å².